The van der Waals surface area contributed by atoms with E-state index in [0.717, 1.165) is 32.0 Å². The van der Waals surface area contributed by atoms with Crippen molar-refractivity contribution in [3.8, 4) is 0 Å². The molecule has 0 aromatic rings. The molecule has 2 rings (SSSR count). The molecule has 2 aliphatic rings. The molecule has 0 radical (unpaired) electrons. The average Bonchev–Trinajstić information content (AvgIpc) is 2.71. The molecule has 1 heterocycles. The Kier molecular flexibility index (Phi) is 1.49. The van der Waals surface area contributed by atoms with Gasteiger partial charge in [0.2, 0.25) is 0 Å². The number of hydrogen-bond acceptors (Lipinski definition) is 1. The van der Waals surface area contributed by atoms with E-state index >= 15 is 0 Å². The summed E-state index contributed by atoms with van der Waals surface area (Å²) in [5.74, 6) is 0.476. The molecule has 2 heteroatoms. The molecule has 1 saturated carbocycles. The first kappa shape index (κ1) is 6.35. The first-order valence-electron chi connectivity index (χ1n) is 4.22. The number of carbonyl (C=O) groups is 1. The highest BCUT2D eigenvalue weighted by Gasteiger charge is 2.35. The van der Waals surface area contributed by atoms with Crippen LogP contribution in [0.25, 0.3) is 0 Å². The summed E-state index contributed by atoms with van der Waals surface area (Å²) in [6.07, 6.45) is 4.49. The molecule has 10 heavy (non-hydrogen) atoms. The molecule has 1 N–H and O–H groups in total. The Morgan fingerprint density at radius 3 is 2.30 bits per heavy atom. The maximum absolute atomic E-state index is 10.8. The SMILES string of the molecule is O=C1CC[NH+](C2CC2)CC1. The Morgan fingerprint density at radius 2 is 1.80 bits per heavy atom. The third kappa shape index (κ3) is 1.21. The van der Waals surface area contributed by atoms with Gasteiger partial charge >= 0.3 is 0 Å². The molecule has 56 valence electrons. The highest BCUT2D eigenvalue weighted by molar-refractivity contribution is 5.78. The van der Waals surface area contributed by atoms with Gasteiger partial charge in [-0.3, -0.25) is 4.79 Å². The second kappa shape index (κ2) is 2.35. The van der Waals surface area contributed by atoms with Crippen LogP contribution >= 0.6 is 0 Å². The Bertz CT molecular complexity index is 141. The Balaban J connectivity index is 1.84. The molecule has 1 aliphatic carbocycles. The lowest BCUT2D eigenvalue weighted by Gasteiger charge is -2.22. The van der Waals surface area contributed by atoms with E-state index in [1.165, 1.54) is 12.8 Å². The fourth-order valence-corrected chi connectivity index (χ4v) is 1.75. The molecular formula is C8H14NO+. The van der Waals surface area contributed by atoms with Gasteiger partial charge in [0, 0.05) is 12.8 Å². The monoisotopic (exact) mass is 140 g/mol. The number of likely N-dealkylation sites (tertiary alicyclic amines) is 1. The summed E-state index contributed by atoms with van der Waals surface area (Å²) in [5, 5.41) is 0. The van der Waals surface area contributed by atoms with Gasteiger partial charge in [-0.05, 0) is 0 Å². The van der Waals surface area contributed by atoms with Gasteiger partial charge in [0.1, 0.15) is 5.78 Å². The van der Waals surface area contributed by atoms with Crippen LogP contribution in [-0.4, -0.2) is 24.9 Å². The summed E-state index contributed by atoms with van der Waals surface area (Å²) in [6.45, 7) is 2.23. The van der Waals surface area contributed by atoms with Gasteiger partial charge in [-0.2, -0.15) is 0 Å². The van der Waals surface area contributed by atoms with Gasteiger partial charge < -0.3 is 4.90 Å². The summed E-state index contributed by atoms with van der Waals surface area (Å²) < 4.78 is 0. The minimum atomic E-state index is 0.476. The number of hydrogen-bond donors (Lipinski definition) is 1. The molecule has 0 aromatic carbocycles. The number of carbonyl (C=O) groups excluding carboxylic acids is 1. The maximum Gasteiger partial charge on any atom is 0.144 e. The zero-order valence-corrected chi connectivity index (χ0v) is 6.23. The lowest BCUT2D eigenvalue weighted by molar-refractivity contribution is -0.912. The van der Waals surface area contributed by atoms with Crippen LogP contribution < -0.4 is 4.90 Å². The molecule has 0 atom stereocenters. The highest BCUT2D eigenvalue weighted by Crippen LogP contribution is 2.15. The van der Waals surface area contributed by atoms with Crippen LogP contribution in [0.3, 0.4) is 0 Å². The zero-order chi connectivity index (χ0) is 6.97. The van der Waals surface area contributed by atoms with Gasteiger partial charge in [0.15, 0.2) is 0 Å². The number of quaternary nitrogens is 1. The van der Waals surface area contributed by atoms with E-state index < -0.39 is 0 Å². The Hall–Kier alpha value is -0.370. The van der Waals surface area contributed by atoms with Crippen molar-refractivity contribution in [1.29, 1.82) is 0 Å². The van der Waals surface area contributed by atoms with Crippen molar-refractivity contribution in [2.75, 3.05) is 13.1 Å². The van der Waals surface area contributed by atoms with Crippen molar-refractivity contribution in [3.63, 3.8) is 0 Å². The van der Waals surface area contributed by atoms with Gasteiger partial charge in [-0.1, -0.05) is 0 Å². The lowest BCUT2D eigenvalue weighted by atomic mass is 10.1. The van der Waals surface area contributed by atoms with Crippen LogP contribution in [-0.2, 0) is 4.79 Å². The van der Waals surface area contributed by atoms with Crippen LogP contribution in [0.4, 0.5) is 0 Å². The van der Waals surface area contributed by atoms with Gasteiger partial charge in [-0.15, -0.1) is 0 Å². The zero-order valence-electron chi connectivity index (χ0n) is 6.23. The Morgan fingerprint density at radius 1 is 1.20 bits per heavy atom. The second-order valence-corrected chi connectivity index (χ2v) is 3.47. The fourth-order valence-electron chi connectivity index (χ4n) is 1.75. The molecule has 1 aliphatic heterocycles. The minimum absolute atomic E-state index is 0.476. The topological polar surface area (TPSA) is 21.5 Å². The van der Waals surface area contributed by atoms with Crippen LogP contribution in [0.2, 0.25) is 0 Å². The van der Waals surface area contributed by atoms with Crippen molar-refractivity contribution in [2.45, 2.75) is 31.7 Å². The quantitative estimate of drug-likeness (QED) is 0.516. The molecule has 1 saturated heterocycles. The number of ketones is 1. The summed E-state index contributed by atoms with van der Waals surface area (Å²) in [5.41, 5.74) is 0. The van der Waals surface area contributed by atoms with E-state index in [4.69, 9.17) is 0 Å². The number of Topliss-reactive ketones (excluding diaryl/α,β-unsaturated/α-hetero) is 1. The normalized spacial score (nSPS) is 29.0. The van der Waals surface area contributed by atoms with Gasteiger partial charge in [0.05, 0.1) is 32.0 Å². The highest BCUT2D eigenvalue weighted by atomic mass is 16.1. The van der Waals surface area contributed by atoms with Crippen molar-refractivity contribution >= 4 is 5.78 Å². The van der Waals surface area contributed by atoms with Gasteiger partial charge in [-0.25, -0.2) is 0 Å². The fraction of sp³-hybridized carbons (Fsp3) is 0.875. The summed E-state index contributed by atoms with van der Waals surface area (Å²) >= 11 is 0. The summed E-state index contributed by atoms with van der Waals surface area (Å²) in [4.78, 5) is 12.5. The van der Waals surface area contributed by atoms with Crippen LogP contribution in [0.5, 0.6) is 0 Å². The standard InChI is InChI=1S/C8H13NO/c10-8-3-5-9(6-4-8)7-1-2-7/h7H,1-6H2/p+1. The van der Waals surface area contributed by atoms with Crippen LogP contribution in [0.1, 0.15) is 25.7 Å². The molecule has 0 amide bonds. The average molecular weight is 140 g/mol. The first-order chi connectivity index (χ1) is 4.86. The van der Waals surface area contributed by atoms with E-state index in [1.807, 2.05) is 0 Å². The summed E-state index contributed by atoms with van der Waals surface area (Å²) in [7, 11) is 0. The molecular weight excluding hydrogens is 126 g/mol. The Labute approximate surface area is 61.2 Å². The van der Waals surface area contributed by atoms with Crippen molar-refractivity contribution < 1.29 is 9.69 Å². The molecule has 0 spiro atoms. The molecule has 0 aromatic heterocycles. The first-order valence-corrected chi connectivity index (χ1v) is 4.22. The molecule has 2 fully saturated rings. The summed E-state index contributed by atoms with van der Waals surface area (Å²) in [6, 6.07) is 0.938. The predicted molar refractivity (Wildman–Crippen MR) is 38.0 cm³/mol. The van der Waals surface area contributed by atoms with E-state index in [9.17, 15) is 4.79 Å². The maximum atomic E-state index is 10.8. The number of rotatable bonds is 1. The van der Waals surface area contributed by atoms with Crippen molar-refractivity contribution in [1.82, 2.24) is 0 Å². The second-order valence-electron chi connectivity index (χ2n) is 3.47. The lowest BCUT2D eigenvalue weighted by Crippen LogP contribution is -3.14. The third-order valence-corrected chi connectivity index (χ3v) is 2.60. The third-order valence-electron chi connectivity index (χ3n) is 2.60. The molecule has 0 bridgehead atoms. The van der Waals surface area contributed by atoms with Crippen LogP contribution in [0, 0.1) is 0 Å². The van der Waals surface area contributed by atoms with Crippen molar-refractivity contribution in [3.05, 3.63) is 0 Å². The largest absolute Gasteiger partial charge is 0.332 e. The smallest absolute Gasteiger partial charge is 0.144 e. The van der Waals surface area contributed by atoms with Crippen molar-refractivity contribution in [2.24, 2.45) is 0 Å². The van der Waals surface area contributed by atoms with E-state index in [-0.39, 0.29) is 0 Å². The van der Waals surface area contributed by atoms with Gasteiger partial charge in [0.25, 0.3) is 0 Å². The van der Waals surface area contributed by atoms with Crippen LogP contribution in [0.15, 0.2) is 0 Å². The predicted octanol–water partition coefficient (Wildman–Crippen LogP) is -0.603. The molecule has 2 nitrogen and oxygen atoms in total. The number of piperidine rings is 1. The van der Waals surface area contributed by atoms with E-state index in [2.05, 4.69) is 0 Å². The van der Waals surface area contributed by atoms with E-state index in [1.54, 1.807) is 4.90 Å². The number of nitrogens with one attached hydrogen (secondary N) is 1. The molecule has 0 unspecified atom stereocenters. The minimum Gasteiger partial charge on any atom is -0.332 e. The van der Waals surface area contributed by atoms with E-state index in [0.29, 0.717) is 5.78 Å².